The normalized spacial score (nSPS) is 25.6. The van der Waals surface area contributed by atoms with Gasteiger partial charge in [0, 0.05) is 5.92 Å². The van der Waals surface area contributed by atoms with Gasteiger partial charge in [-0.25, -0.2) is 0 Å². The molecule has 2 aliphatic rings. The number of hydrogen-bond acceptors (Lipinski definition) is 2. The predicted octanol–water partition coefficient (Wildman–Crippen LogP) is 5.74. The van der Waals surface area contributed by atoms with Gasteiger partial charge < -0.3 is 10.2 Å². The largest absolute Gasteiger partial charge is 0.508 e. The van der Waals surface area contributed by atoms with Gasteiger partial charge in [-0.05, 0) is 70.9 Å². The van der Waals surface area contributed by atoms with Crippen LogP contribution in [0.15, 0.2) is 54.6 Å². The van der Waals surface area contributed by atoms with Crippen LogP contribution in [-0.4, -0.2) is 10.2 Å². The highest BCUT2D eigenvalue weighted by Crippen LogP contribution is 2.52. The third-order valence-electron chi connectivity index (χ3n) is 6.20. The summed E-state index contributed by atoms with van der Waals surface area (Å²) in [6, 6.07) is 13.8. The first-order chi connectivity index (χ1) is 12.3. The number of phenols is 2. The minimum atomic E-state index is -0.103. The molecule has 2 N–H and O–H groups in total. The van der Waals surface area contributed by atoms with E-state index < -0.39 is 0 Å². The highest BCUT2D eigenvalue weighted by molar-refractivity contribution is 5.45. The summed E-state index contributed by atoms with van der Waals surface area (Å²) in [7, 11) is 0. The second-order valence-corrected chi connectivity index (χ2v) is 9.04. The van der Waals surface area contributed by atoms with Gasteiger partial charge in [0.2, 0.25) is 0 Å². The average Bonchev–Trinajstić information content (AvgIpc) is 3.20. The molecule has 1 saturated carbocycles. The summed E-state index contributed by atoms with van der Waals surface area (Å²) in [6.07, 6.45) is 7.27. The molecule has 4 rings (SSSR count). The molecule has 4 atom stereocenters. The van der Waals surface area contributed by atoms with Crippen LogP contribution in [0.4, 0.5) is 0 Å². The molecule has 0 radical (unpaired) electrons. The van der Waals surface area contributed by atoms with E-state index in [4.69, 9.17) is 0 Å². The Morgan fingerprint density at radius 1 is 0.885 bits per heavy atom. The van der Waals surface area contributed by atoms with Gasteiger partial charge in [-0.15, -0.1) is 0 Å². The lowest BCUT2D eigenvalue weighted by Crippen LogP contribution is -2.20. The van der Waals surface area contributed by atoms with E-state index in [0.717, 1.165) is 5.56 Å². The maximum Gasteiger partial charge on any atom is 0.119 e. The Kier molecular flexibility index (Phi) is 4.10. The zero-order valence-electron chi connectivity index (χ0n) is 15.8. The van der Waals surface area contributed by atoms with E-state index in [2.05, 4.69) is 57.2 Å². The molecule has 0 aromatic heterocycles. The molecule has 0 aliphatic heterocycles. The Morgan fingerprint density at radius 2 is 1.58 bits per heavy atom. The van der Waals surface area contributed by atoms with E-state index in [9.17, 15) is 10.2 Å². The van der Waals surface area contributed by atoms with Crippen molar-refractivity contribution < 1.29 is 10.2 Å². The van der Waals surface area contributed by atoms with E-state index in [1.807, 2.05) is 6.07 Å². The van der Waals surface area contributed by atoms with Crippen LogP contribution in [-0.2, 0) is 5.41 Å². The number of allylic oxidation sites excluding steroid dienone is 2. The zero-order chi connectivity index (χ0) is 18.5. The summed E-state index contributed by atoms with van der Waals surface area (Å²) >= 11 is 0. The molecule has 1 fully saturated rings. The topological polar surface area (TPSA) is 40.5 Å². The number of fused-ring (bicyclic) bond motifs is 2. The molecule has 136 valence electrons. The van der Waals surface area contributed by atoms with Crippen LogP contribution in [0.1, 0.15) is 56.2 Å². The van der Waals surface area contributed by atoms with Crippen molar-refractivity contribution >= 4 is 0 Å². The lowest BCUT2D eigenvalue weighted by molar-refractivity contribution is 0.397. The minimum absolute atomic E-state index is 0.103. The number of phenolic OH excluding ortho intramolecular Hbond substituents is 2. The SMILES string of the molecule is CC(C)(C)c1cc(C(c2ccc(O)cc2)C2CC3C=CC2C3)ccc1O. The molecule has 0 amide bonds. The summed E-state index contributed by atoms with van der Waals surface area (Å²) in [5.74, 6) is 2.89. The van der Waals surface area contributed by atoms with Crippen molar-refractivity contribution in [2.45, 2.75) is 44.9 Å². The number of rotatable bonds is 3. The second kappa shape index (κ2) is 6.19. The van der Waals surface area contributed by atoms with Gasteiger partial charge in [0.05, 0.1) is 0 Å². The van der Waals surface area contributed by atoms with E-state index in [-0.39, 0.29) is 11.3 Å². The van der Waals surface area contributed by atoms with Crippen molar-refractivity contribution in [1.82, 2.24) is 0 Å². The summed E-state index contributed by atoms with van der Waals surface area (Å²) in [4.78, 5) is 0. The Labute approximate surface area is 156 Å². The van der Waals surface area contributed by atoms with Crippen molar-refractivity contribution in [2.24, 2.45) is 17.8 Å². The summed E-state index contributed by atoms with van der Waals surface area (Å²) in [6.45, 7) is 6.42. The quantitative estimate of drug-likeness (QED) is 0.694. The molecule has 2 bridgehead atoms. The van der Waals surface area contributed by atoms with E-state index in [0.29, 0.717) is 29.3 Å². The van der Waals surface area contributed by atoms with Crippen molar-refractivity contribution in [3.05, 3.63) is 71.3 Å². The minimum Gasteiger partial charge on any atom is -0.508 e. The molecule has 0 spiro atoms. The molecule has 2 aromatic carbocycles. The first-order valence-corrected chi connectivity index (χ1v) is 9.63. The first kappa shape index (κ1) is 17.2. The molecular weight excluding hydrogens is 320 g/mol. The Morgan fingerprint density at radius 3 is 2.15 bits per heavy atom. The predicted molar refractivity (Wildman–Crippen MR) is 106 cm³/mol. The van der Waals surface area contributed by atoms with E-state index >= 15 is 0 Å². The summed E-state index contributed by atoms with van der Waals surface area (Å²) in [5.41, 5.74) is 3.41. The monoisotopic (exact) mass is 348 g/mol. The maximum absolute atomic E-state index is 10.4. The van der Waals surface area contributed by atoms with Gasteiger partial charge in [0.1, 0.15) is 11.5 Å². The maximum atomic E-state index is 10.4. The molecule has 2 nitrogen and oxygen atoms in total. The van der Waals surface area contributed by atoms with Crippen molar-refractivity contribution in [2.75, 3.05) is 0 Å². The third-order valence-corrected chi connectivity index (χ3v) is 6.20. The van der Waals surface area contributed by atoms with E-state index in [1.165, 1.54) is 24.0 Å². The van der Waals surface area contributed by atoms with E-state index in [1.54, 1.807) is 12.1 Å². The highest BCUT2D eigenvalue weighted by atomic mass is 16.3. The van der Waals surface area contributed by atoms with Crippen LogP contribution in [0.25, 0.3) is 0 Å². The van der Waals surface area contributed by atoms with Crippen LogP contribution in [0.2, 0.25) is 0 Å². The van der Waals surface area contributed by atoms with Crippen molar-refractivity contribution in [3.8, 4) is 11.5 Å². The van der Waals surface area contributed by atoms with Crippen LogP contribution in [0.3, 0.4) is 0 Å². The molecule has 0 heterocycles. The fraction of sp³-hybridized carbons (Fsp3) is 0.417. The van der Waals surface area contributed by atoms with Gasteiger partial charge in [0.15, 0.2) is 0 Å². The van der Waals surface area contributed by atoms with Crippen LogP contribution >= 0.6 is 0 Å². The Hall–Kier alpha value is -2.22. The number of aromatic hydroxyl groups is 2. The Bertz CT molecular complexity index is 826. The lowest BCUT2D eigenvalue weighted by Gasteiger charge is -2.31. The smallest absolute Gasteiger partial charge is 0.119 e. The third kappa shape index (κ3) is 3.02. The van der Waals surface area contributed by atoms with Crippen molar-refractivity contribution in [3.63, 3.8) is 0 Å². The summed E-state index contributed by atoms with van der Waals surface area (Å²) < 4.78 is 0. The molecular formula is C24H28O2. The Balaban J connectivity index is 1.81. The number of benzene rings is 2. The van der Waals surface area contributed by atoms with Crippen LogP contribution < -0.4 is 0 Å². The lowest BCUT2D eigenvalue weighted by atomic mass is 9.73. The average molecular weight is 348 g/mol. The highest BCUT2D eigenvalue weighted by Gasteiger charge is 2.41. The first-order valence-electron chi connectivity index (χ1n) is 9.63. The summed E-state index contributed by atoms with van der Waals surface area (Å²) in [5, 5.41) is 20.1. The fourth-order valence-corrected chi connectivity index (χ4v) is 4.92. The standard InChI is InChI=1S/C24H28O2/c1-24(2,3)21-14-18(8-11-22(21)26)23(16-6-9-19(25)10-7-16)20-13-15-4-5-17(20)12-15/h4-11,14-15,17,20,23,25-26H,12-13H2,1-3H3. The molecule has 4 unspecified atom stereocenters. The van der Waals surface area contributed by atoms with Gasteiger partial charge in [-0.1, -0.05) is 57.2 Å². The molecule has 2 aliphatic carbocycles. The van der Waals surface area contributed by atoms with Crippen LogP contribution in [0, 0.1) is 17.8 Å². The zero-order valence-corrected chi connectivity index (χ0v) is 15.8. The second-order valence-electron chi connectivity index (χ2n) is 9.04. The van der Waals surface area contributed by atoms with Gasteiger partial charge in [-0.3, -0.25) is 0 Å². The molecule has 2 heteroatoms. The van der Waals surface area contributed by atoms with Gasteiger partial charge in [-0.2, -0.15) is 0 Å². The molecule has 2 aromatic rings. The number of hydrogen-bond donors (Lipinski definition) is 2. The van der Waals surface area contributed by atoms with Crippen LogP contribution in [0.5, 0.6) is 11.5 Å². The van der Waals surface area contributed by atoms with Crippen molar-refractivity contribution in [1.29, 1.82) is 0 Å². The molecule has 0 saturated heterocycles. The molecule has 26 heavy (non-hydrogen) atoms. The van der Waals surface area contributed by atoms with Gasteiger partial charge in [0.25, 0.3) is 0 Å². The fourth-order valence-electron chi connectivity index (χ4n) is 4.92. The van der Waals surface area contributed by atoms with Gasteiger partial charge >= 0.3 is 0 Å².